The average Bonchev–Trinajstić information content (AvgIpc) is 2.68. The maximum atomic E-state index is 12.3. The van der Waals surface area contributed by atoms with Crippen LogP contribution in [0.25, 0.3) is 0 Å². The summed E-state index contributed by atoms with van der Waals surface area (Å²) in [5.41, 5.74) is 0.703. The minimum absolute atomic E-state index is 0.0644. The van der Waals surface area contributed by atoms with Gasteiger partial charge in [-0.1, -0.05) is 50.8 Å². The highest BCUT2D eigenvalue weighted by Gasteiger charge is 2.21. The minimum Gasteiger partial charge on any atom is -0.508 e. The summed E-state index contributed by atoms with van der Waals surface area (Å²) in [6.07, 6.45) is 4.69. The van der Waals surface area contributed by atoms with Crippen molar-refractivity contribution < 1.29 is 24.2 Å². The zero-order valence-corrected chi connectivity index (χ0v) is 15.6. The van der Waals surface area contributed by atoms with Crippen LogP contribution in [0.2, 0.25) is 0 Å². The van der Waals surface area contributed by atoms with E-state index in [1.165, 1.54) is 24.3 Å². The monoisotopic (exact) mass is 370 g/mol. The number of esters is 2. The van der Waals surface area contributed by atoms with E-state index in [-0.39, 0.29) is 5.75 Å². The molecular weight excluding hydrogens is 344 g/mol. The molecule has 0 aromatic heterocycles. The lowest BCUT2D eigenvalue weighted by Crippen LogP contribution is -2.25. The molecule has 5 nitrogen and oxygen atoms in total. The summed E-state index contributed by atoms with van der Waals surface area (Å²) in [5, 5.41) is 9.33. The van der Waals surface area contributed by atoms with Gasteiger partial charge in [-0.25, -0.2) is 9.59 Å². The van der Waals surface area contributed by atoms with E-state index >= 15 is 0 Å². The molecule has 1 N–H and O–H groups in total. The Labute approximate surface area is 159 Å². The van der Waals surface area contributed by atoms with Gasteiger partial charge in [-0.15, -0.1) is 0 Å². The fourth-order valence-corrected chi connectivity index (χ4v) is 2.60. The first kappa shape index (κ1) is 20.5. The van der Waals surface area contributed by atoms with Crippen molar-refractivity contribution in [2.24, 2.45) is 0 Å². The summed E-state index contributed by atoms with van der Waals surface area (Å²) in [6.45, 7) is 2.14. The summed E-state index contributed by atoms with van der Waals surface area (Å²) in [5.74, 6) is -1.04. The van der Waals surface area contributed by atoms with Crippen LogP contribution in [0.1, 0.15) is 66.2 Å². The molecule has 2 aromatic rings. The molecule has 0 heterocycles. The molecule has 2 aromatic carbocycles. The van der Waals surface area contributed by atoms with E-state index in [4.69, 9.17) is 9.47 Å². The number of ether oxygens (including phenoxy) is 2. The van der Waals surface area contributed by atoms with Crippen LogP contribution in [0.15, 0.2) is 54.6 Å². The summed E-state index contributed by atoms with van der Waals surface area (Å²) in [7, 11) is 0. The van der Waals surface area contributed by atoms with Crippen LogP contribution < -0.4 is 0 Å². The molecule has 0 radical (unpaired) electrons. The van der Waals surface area contributed by atoms with Crippen molar-refractivity contribution in [2.45, 2.75) is 51.7 Å². The normalized spacial score (nSPS) is 11.6. The number of carbonyl (C=O) groups excluding carboxylic acids is 2. The Kier molecular flexibility index (Phi) is 8.36. The van der Waals surface area contributed by atoms with Crippen LogP contribution in [0.4, 0.5) is 0 Å². The van der Waals surface area contributed by atoms with Gasteiger partial charge < -0.3 is 14.6 Å². The van der Waals surface area contributed by atoms with Crippen molar-refractivity contribution >= 4 is 11.9 Å². The number of carbonyl (C=O) groups is 2. The van der Waals surface area contributed by atoms with Gasteiger partial charge in [0, 0.05) is 6.42 Å². The smallest absolute Gasteiger partial charge is 0.341 e. The first-order chi connectivity index (χ1) is 13.1. The van der Waals surface area contributed by atoms with Crippen LogP contribution in [0.3, 0.4) is 0 Å². The topological polar surface area (TPSA) is 72.8 Å². The van der Waals surface area contributed by atoms with E-state index in [2.05, 4.69) is 6.92 Å². The van der Waals surface area contributed by atoms with Gasteiger partial charge in [0.25, 0.3) is 0 Å². The lowest BCUT2D eigenvalue weighted by molar-refractivity contribution is -0.0838. The number of phenols is 1. The van der Waals surface area contributed by atoms with Gasteiger partial charge in [-0.2, -0.15) is 0 Å². The molecule has 2 rings (SSSR count). The number of unbranched alkanes of at least 4 members (excludes halogenated alkanes) is 4. The second-order valence-electron chi connectivity index (χ2n) is 6.36. The second kappa shape index (κ2) is 11.0. The molecule has 27 heavy (non-hydrogen) atoms. The summed E-state index contributed by atoms with van der Waals surface area (Å²) in [4.78, 5) is 24.6. The summed E-state index contributed by atoms with van der Waals surface area (Å²) >= 11 is 0. The van der Waals surface area contributed by atoms with Gasteiger partial charge in [-0.3, -0.25) is 0 Å². The highest BCUT2D eigenvalue weighted by molar-refractivity contribution is 5.91. The van der Waals surface area contributed by atoms with Gasteiger partial charge in [0.1, 0.15) is 5.75 Å². The molecule has 0 fully saturated rings. The van der Waals surface area contributed by atoms with E-state index in [1.807, 2.05) is 6.07 Å². The molecule has 144 valence electrons. The first-order valence-corrected chi connectivity index (χ1v) is 9.36. The Balaban J connectivity index is 1.98. The Hall–Kier alpha value is -2.82. The SMILES string of the molecule is CCCCCCCC(OC(=O)c1ccccc1)OC(=O)c1ccc(O)cc1. The van der Waals surface area contributed by atoms with Crippen molar-refractivity contribution in [2.75, 3.05) is 0 Å². The average molecular weight is 370 g/mol. The van der Waals surface area contributed by atoms with E-state index in [0.29, 0.717) is 17.5 Å². The van der Waals surface area contributed by atoms with E-state index < -0.39 is 18.2 Å². The van der Waals surface area contributed by atoms with Gasteiger partial charge in [0.2, 0.25) is 6.29 Å². The Morgan fingerprint density at radius 2 is 1.37 bits per heavy atom. The van der Waals surface area contributed by atoms with Gasteiger partial charge in [-0.05, 0) is 42.8 Å². The maximum Gasteiger partial charge on any atom is 0.341 e. The predicted octanol–water partition coefficient (Wildman–Crippen LogP) is 5.09. The standard InChI is InChI=1S/C22H26O5/c1-2-3-4-5-9-12-20(26-21(24)17-10-7-6-8-11-17)27-22(25)18-13-15-19(23)16-14-18/h6-8,10-11,13-16,20,23H,2-5,9,12H2,1H3. The van der Waals surface area contributed by atoms with Gasteiger partial charge in [0.15, 0.2) is 0 Å². The lowest BCUT2D eigenvalue weighted by atomic mass is 10.1. The van der Waals surface area contributed by atoms with Gasteiger partial charge >= 0.3 is 11.9 Å². The molecule has 0 aliphatic heterocycles. The third-order valence-corrected chi connectivity index (χ3v) is 4.13. The van der Waals surface area contributed by atoms with Crippen LogP contribution >= 0.6 is 0 Å². The van der Waals surface area contributed by atoms with Crippen LogP contribution in [-0.4, -0.2) is 23.3 Å². The fraction of sp³-hybridized carbons (Fsp3) is 0.364. The van der Waals surface area contributed by atoms with Crippen molar-refractivity contribution in [3.8, 4) is 5.75 Å². The lowest BCUT2D eigenvalue weighted by Gasteiger charge is -2.18. The summed E-state index contributed by atoms with van der Waals surface area (Å²) < 4.78 is 10.8. The number of hydrogen-bond acceptors (Lipinski definition) is 5. The molecule has 0 aliphatic carbocycles. The maximum absolute atomic E-state index is 12.3. The third kappa shape index (κ3) is 7.13. The number of hydrogen-bond donors (Lipinski definition) is 1. The molecular formula is C22H26O5. The van der Waals surface area contributed by atoms with Crippen LogP contribution in [-0.2, 0) is 9.47 Å². The number of benzene rings is 2. The molecule has 0 saturated heterocycles. The molecule has 1 unspecified atom stereocenters. The Bertz CT molecular complexity index is 709. The van der Waals surface area contributed by atoms with Crippen molar-refractivity contribution in [3.63, 3.8) is 0 Å². The molecule has 0 spiro atoms. The predicted molar refractivity (Wildman–Crippen MR) is 103 cm³/mol. The largest absolute Gasteiger partial charge is 0.508 e. The highest BCUT2D eigenvalue weighted by atomic mass is 16.7. The third-order valence-electron chi connectivity index (χ3n) is 4.13. The number of rotatable bonds is 10. The van der Waals surface area contributed by atoms with Gasteiger partial charge in [0.05, 0.1) is 11.1 Å². The van der Waals surface area contributed by atoms with Crippen LogP contribution in [0.5, 0.6) is 5.75 Å². The van der Waals surface area contributed by atoms with Crippen molar-refractivity contribution in [1.29, 1.82) is 0 Å². The quantitative estimate of drug-likeness (QED) is 0.358. The zero-order chi connectivity index (χ0) is 19.5. The fourth-order valence-electron chi connectivity index (χ4n) is 2.60. The molecule has 0 amide bonds. The molecule has 5 heteroatoms. The minimum atomic E-state index is -0.944. The van der Waals surface area contributed by atoms with Crippen LogP contribution in [0, 0.1) is 0 Å². The van der Waals surface area contributed by atoms with E-state index in [9.17, 15) is 14.7 Å². The van der Waals surface area contributed by atoms with E-state index in [1.54, 1.807) is 24.3 Å². The van der Waals surface area contributed by atoms with E-state index in [0.717, 1.165) is 32.1 Å². The Morgan fingerprint density at radius 3 is 1.96 bits per heavy atom. The molecule has 0 saturated carbocycles. The zero-order valence-electron chi connectivity index (χ0n) is 15.6. The second-order valence-corrected chi connectivity index (χ2v) is 6.36. The molecule has 0 aliphatic rings. The number of phenolic OH excluding ortho intramolecular Hbond substituents is 1. The first-order valence-electron chi connectivity index (χ1n) is 9.36. The summed E-state index contributed by atoms with van der Waals surface area (Å²) in [6, 6.07) is 14.4. The molecule has 1 atom stereocenters. The van der Waals surface area contributed by atoms with Crippen molar-refractivity contribution in [1.82, 2.24) is 0 Å². The highest BCUT2D eigenvalue weighted by Crippen LogP contribution is 2.16. The molecule has 0 bridgehead atoms. The number of aromatic hydroxyl groups is 1. The Morgan fingerprint density at radius 1 is 0.815 bits per heavy atom. The van der Waals surface area contributed by atoms with Crippen molar-refractivity contribution in [3.05, 3.63) is 65.7 Å².